The average Bonchev–Trinajstić information content (AvgIpc) is 3.47. The molecule has 0 aliphatic rings. The van der Waals surface area contributed by atoms with E-state index >= 15 is 0 Å². The van der Waals surface area contributed by atoms with Gasteiger partial charge in [-0.2, -0.15) is 0 Å². The van der Waals surface area contributed by atoms with Crippen LogP contribution in [0.1, 0.15) is 0 Å². The number of fused-ring (bicyclic) bond motifs is 1. The molecule has 2 heterocycles. The molecule has 2 aromatic heterocycles. The lowest BCUT2D eigenvalue weighted by Crippen LogP contribution is -2.19. The lowest BCUT2D eigenvalue weighted by molar-refractivity contribution is 0.795. The number of nitrogens with zero attached hydrogens (tertiary/aromatic N) is 5. The highest BCUT2D eigenvalue weighted by Crippen LogP contribution is 2.31. The van der Waals surface area contributed by atoms with Crippen molar-refractivity contribution in [2.75, 3.05) is 0 Å². The molecule has 0 aliphatic carbocycles. The number of aromatic nitrogens is 5. The van der Waals surface area contributed by atoms with Crippen LogP contribution in [0.2, 0.25) is 0 Å². The van der Waals surface area contributed by atoms with Gasteiger partial charge in [0.1, 0.15) is 0 Å². The van der Waals surface area contributed by atoms with Crippen molar-refractivity contribution in [1.29, 1.82) is 0 Å². The topological polar surface area (TPSA) is 65.6 Å². The Bertz CT molecular complexity index is 2820. The van der Waals surface area contributed by atoms with Gasteiger partial charge in [0.05, 0.1) is 11.0 Å². The SMILES string of the molecule is Cn1c(=O)n(C)c2cc(-c3ccc(-c4ccc(-c5ccc(-c6nc(-c7ccccc7)nc(-c7cccc(-c8ccccc8)c7)n6)cc5)cc4)cc3)ccc21. The van der Waals surface area contributed by atoms with Crippen LogP contribution in [0.5, 0.6) is 0 Å². The molecule has 0 amide bonds. The Morgan fingerprint density at radius 3 is 1.19 bits per heavy atom. The van der Waals surface area contributed by atoms with Crippen molar-refractivity contribution >= 4 is 11.0 Å². The van der Waals surface area contributed by atoms with Gasteiger partial charge in [0.2, 0.25) is 0 Å². The van der Waals surface area contributed by atoms with Crippen LogP contribution >= 0.6 is 0 Å². The molecule has 258 valence electrons. The molecular weight excluding hydrogens is 663 g/mol. The van der Waals surface area contributed by atoms with Gasteiger partial charge >= 0.3 is 5.69 Å². The normalized spacial score (nSPS) is 11.2. The maximum absolute atomic E-state index is 12.4. The van der Waals surface area contributed by atoms with E-state index in [1.807, 2.05) is 61.6 Å². The summed E-state index contributed by atoms with van der Waals surface area (Å²) in [4.78, 5) is 27.3. The van der Waals surface area contributed by atoms with Crippen molar-refractivity contribution < 1.29 is 0 Å². The number of benzene rings is 7. The van der Waals surface area contributed by atoms with E-state index in [1.54, 1.807) is 16.2 Å². The predicted molar refractivity (Wildman–Crippen MR) is 220 cm³/mol. The second-order valence-corrected chi connectivity index (χ2v) is 13.5. The summed E-state index contributed by atoms with van der Waals surface area (Å²) in [5.41, 5.74) is 13.6. The van der Waals surface area contributed by atoms with Crippen LogP contribution in [-0.4, -0.2) is 24.1 Å². The van der Waals surface area contributed by atoms with E-state index < -0.39 is 0 Å². The fraction of sp³-hybridized carbons (Fsp3) is 0.0417. The maximum Gasteiger partial charge on any atom is 0.328 e. The van der Waals surface area contributed by atoms with Gasteiger partial charge in [0, 0.05) is 30.8 Å². The summed E-state index contributed by atoms with van der Waals surface area (Å²) in [7, 11) is 3.62. The molecular formula is C48H35N5O. The van der Waals surface area contributed by atoms with Gasteiger partial charge in [-0.1, -0.05) is 158 Å². The zero-order chi connectivity index (χ0) is 36.6. The number of hydrogen-bond donors (Lipinski definition) is 0. The van der Waals surface area contributed by atoms with E-state index in [1.165, 1.54) is 0 Å². The van der Waals surface area contributed by atoms with Crippen molar-refractivity contribution in [1.82, 2.24) is 24.1 Å². The van der Waals surface area contributed by atoms with Gasteiger partial charge in [0.25, 0.3) is 0 Å². The summed E-state index contributed by atoms with van der Waals surface area (Å²) < 4.78 is 3.38. The molecule has 0 saturated carbocycles. The van der Waals surface area contributed by atoms with Crippen LogP contribution in [-0.2, 0) is 14.1 Å². The van der Waals surface area contributed by atoms with E-state index in [0.717, 1.165) is 72.2 Å². The molecule has 0 radical (unpaired) electrons. The van der Waals surface area contributed by atoms with Gasteiger partial charge in [-0.05, 0) is 62.7 Å². The fourth-order valence-corrected chi connectivity index (χ4v) is 7.03. The van der Waals surface area contributed by atoms with Crippen molar-refractivity contribution in [2.24, 2.45) is 14.1 Å². The first kappa shape index (κ1) is 32.7. The molecule has 7 aromatic carbocycles. The number of hydrogen-bond acceptors (Lipinski definition) is 4. The van der Waals surface area contributed by atoms with Gasteiger partial charge in [-0.25, -0.2) is 19.7 Å². The monoisotopic (exact) mass is 697 g/mol. The third kappa shape index (κ3) is 6.20. The summed E-state index contributed by atoms with van der Waals surface area (Å²) in [5, 5.41) is 0. The third-order valence-electron chi connectivity index (χ3n) is 10.1. The minimum Gasteiger partial charge on any atom is -0.295 e. The second-order valence-electron chi connectivity index (χ2n) is 13.5. The highest BCUT2D eigenvalue weighted by atomic mass is 16.1. The molecule has 0 spiro atoms. The fourth-order valence-electron chi connectivity index (χ4n) is 7.03. The van der Waals surface area contributed by atoms with Crippen LogP contribution in [0.25, 0.3) is 89.7 Å². The molecule has 6 nitrogen and oxygen atoms in total. The van der Waals surface area contributed by atoms with Crippen molar-refractivity contribution in [3.63, 3.8) is 0 Å². The summed E-state index contributed by atoms with van der Waals surface area (Å²) in [6.07, 6.45) is 0. The Morgan fingerprint density at radius 1 is 0.315 bits per heavy atom. The van der Waals surface area contributed by atoms with Crippen LogP contribution in [0.15, 0.2) is 181 Å². The van der Waals surface area contributed by atoms with Crippen LogP contribution < -0.4 is 5.69 Å². The standard InChI is InChI=1S/C48H35N5O/c1-52-43-29-28-41(31-44(43)53(2)48(52)54)37-22-20-35(21-23-37)33-16-18-34(19-17-33)36-24-26-39(27-25-36)46-49-45(38-12-7-4-8-13-38)50-47(51-46)42-15-9-14-40(30-42)32-10-5-3-6-11-32/h3-31H,1-2H3. The zero-order valence-corrected chi connectivity index (χ0v) is 29.9. The van der Waals surface area contributed by atoms with E-state index in [4.69, 9.17) is 15.0 Å². The van der Waals surface area contributed by atoms with Crippen molar-refractivity contribution in [3.8, 4) is 78.7 Å². The van der Waals surface area contributed by atoms with Crippen LogP contribution in [0.4, 0.5) is 0 Å². The summed E-state index contributed by atoms with van der Waals surface area (Å²) in [5.74, 6) is 1.90. The van der Waals surface area contributed by atoms with E-state index in [0.29, 0.717) is 17.5 Å². The van der Waals surface area contributed by atoms with Gasteiger partial charge < -0.3 is 0 Å². The predicted octanol–water partition coefficient (Wildman–Crippen LogP) is 10.7. The highest BCUT2D eigenvalue weighted by Gasteiger charge is 2.14. The van der Waals surface area contributed by atoms with Gasteiger partial charge in [-0.15, -0.1) is 0 Å². The van der Waals surface area contributed by atoms with Crippen LogP contribution in [0, 0.1) is 0 Å². The molecule has 0 atom stereocenters. The smallest absolute Gasteiger partial charge is 0.295 e. The number of aryl methyl sites for hydroxylation is 2. The highest BCUT2D eigenvalue weighted by molar-refractivity contribution is 5.83. The first-order chi connectivity index (χ1) is 26.5. The Kier molecular flexibility index (Phi) is 8.33. The maximum atomic E-state index is 12.4. The largest absolute Gasteiger partial charge is 0.328 e. The van der Waals surface area contributed by atoms with E-state index in [9.17, 15) is 4.79 Å². The molecule has 9 aromatic rings. The summed E-state index contributed by atoms with van der Waals surface area (Å²) in [6, 6.07) is 60.6. The molecule has 54 heavy (non-hydrogen) atoms. The second kappa shape index (κ2) is 13.7. The number of rotatable bonds is 7. The van der Waals surface area contributed by atoms with E-state index in [-0.39, 0.29) is 5.69 Å². The first-order valence-corrected chi connectivity index (χ1v) is 17.9. The molecule has 9 rings (SSSR count). The minimum atomic E-state index is -0.0209. The van der Waals surface area contributed by atoms with E-state index in [2.05, 4.69) is 121 Å². The Labute approximate surface area is 313 Å². The lowest BCUT2D eigenvalue weighted by atomic mass is 9.97. The molecule has 0 unspecified atom stereocenters. The summed E-state index contributed by atoms with van der Waals surface area (Å²) >= 11 is 0. The van der Waals surface area contributed by atoms with Crippen molar-refractivity contribution in [3.05, 3.63) is 186 Å². The Balaban J connectivity index is 0.978. The lowest BCUT2D eigenvalue weighted by Gasteiger charge is -2.10. The molecule has 0 fully saturated rings. The van der Waals surface area contributed by atoms with Gasteiger partial charge in [-0.3, -0.25) is 9.13 Å². The molecule has 0 aliphatic heterocycles. The molecule has 6 heteroatoms. The average molecular weight is 698 g/mol. The molecule has 0 saturated heterocycles. The number of imidazole rings is 1. The Hall–Kier alpha value is -7.18. The molecule has 0 bridgehead atoms. The minimum absolute atomic E-state index is 0.0209. The van der Waals surface area contributed by atoms with Crippen molar-refractivity contribution in [2.45, 2.75) is 0 Å². The zero-order valence-electron chi connectivity index (χ0n) is 29.9. The van der Waals surface area contributed by atoms with Gasteiger partial charge in [0.15, 0.2) is 17.5 Å². The summed E-state index contributed by atoms with van der Waals surface area (Å²) in [6.45, 7) is 0. The third-order valence-corrected chi connectivity index (χ3v) is 10.1. The quantitative estimate of drug-likeness (QED) is 0.166. The molecule has 0 N–H and O–H groups in total. The Morgan fingerprint density at radius 2 is 0.648 bits per heavy atom. The first-order valence-electron chi connectivity index (χ1n) is 17.9. The van der Waals surface area contributed by atoms with Crippen LogP contribution in [0.3, 0.4) is 0 Å².